The molecule has 4 heteroatoms. The van der Waals surface area contributed by atoms with E-state index in [1.807, 2.05) is 7.05 Å². The smallest absolute Gasteiger partial charge is 0.304 e. The zero-order valence-electron chi connectivity index (χ0n) is 9.52. The van der Waals surface area contributed by atoms with E-state index in [1.165, 1.54) is 12.8 Å². The van der Waals surface area contributed by atoms with Gasteiger partial charge in [-0.3, -0.25) is 9.69 Å². The molecule has 2 atom stereocenters. The lowest BCUT2D eigenvalue weighted by molar-refractivity contribution is -0.139. The van der Waals surface area contributed by atoms with Crippen LogP contribution in [0.2, 0.25) is 0 Å². The molecule has 2 rings (SSSR count). The monoisotopic (exact) mass is 212 g/mol. The van der Waals surface area contributed by atoms with Crippen LogP contribution in [0.15, 0.2) is 0 Å². The van der Waals surface area contributed by atoms with Crippen molar-refractivity contribution >= 4 is 5.97 Å². The molecule has 2 aliphatic rings. The first-order valence-electron chi connectivity index (χ1n) is 5.75. The summed E-state index contributed by atoms with van der Waals surface area (Å²) >= 11 is 0. The van der Waals surface area contributed by atoms with Crippen molar-refractivity contribution < 1.29 is 9.90 Å². The van der Waals surface area contributed by atoms with E-state index >= 15 is 0 Å². The van der Waals surface area contributed by atoms with Gasteiger partial charge in [-0.15, -0.1) is 0 Å². The molecule has 1 heterocycles. The number of carboxylic acid groups (broad SMARTS) is 1. The van der Waals surface area contributed by atoms with Crippen molar-refractivity contribution in [2.45, 2.75) is 44.3 Å². The van der Waals surface area contributed by atoms with Crippen LogP contribution in [-0.4, -0.2) is 59.1 Å². The SMILES string of the molecule is CC1CN(C)C(CC(=O)O)CN1C1CC1. The van der Waals surface area contributed by atoms with Gasteiger partial charge < -0.3 is 10.0 Å². The van der Waals surface area contributed by atoms with Crippen LogP contribution in [0.4, 0.5) is 0 Å². The van der Waals surface area contributed by atoms with Gasteiger partial charge >= 0.3 is 5.97 Å². The lowest BCUT2D eigenvalue weighted by Crippen LogP contribution is -2.57. The summed E-state index contributed by atoms with van der Waals surface area (Å²) in [5.41, 5.74) is 0. The Morgan fingerprint density at radius 2 is 2.07 bits per heavy atom. The molecule has 0 bridgehead atoms. The summed E-state index contributed by atoms with van der Waals surface area (Å²) in [6.45, 7) is 4.16. The van der Waals surface area contributed by atoms with Gasteiger partial charge in [-0.1, -0.05) is 0 Å². The van der Waals surface area contributed by atoms with Crippen LogP contribution in [0.1, 0.15) is 26.2 Å². The largest absolute Gasteiger partial charge is 0.481 e. The Labute approximate surface area is 90.9 Å². The molecule has 86 valence electrons. The Bertz CT molecular complexity index is 253. The summed E-state index contributed by atoms with van der Waals surface area (Å²) in [5.74, 6) is -0.683. The van der Waals surface area contributed by atoms with Crippen molar-refractivity contribution in [2.24, 2.45) is 0 Å². The number of piperazine rings is 1. The molecule has 4 nitrogen and oxygen atoms in total. The van der Waals surface area contributed by atoms with Gasteiger partial charge in [0.15, 0.2) is 0 Å². The van der Waals surface area contributed by atoms with E-state index in [0.29, 0.717) is 6.04 Å². The normalized spacial score (nSPS) is 34.3. The summed E-state index contributed by atoms with van der Waals surface area (Å²) < 4.78 is 0. The molecule has 1 saturated carbocycles. The first-order chi connectivity index (χ1) is 7.08. The first-order valence-corrected chi connectivity index (χ1v) is 5.75. The number of nitrogens with zero attached hydrogens (tertiary/aromatic N) is 2. The van der Waals surface area contributed by atoms with E-state index in [4.69, 9.17) is 5.11 Å². The summed E-state index contributed by atoms with van der Waals surface area (Å²) in [7, 11) is 2.04. The molecule has 0 radical (unpaired) electrons. The molecule has 2 fully saturated rings. The Kier molecular flexibility index (Phi) is 2.98. The van der Waals surface area contributed by atoms with Crippen LogP contribution in [0, 0.1) is 0 Å². The van der Waals surface area contributed by atoms with Gasteiger partial charge in [0.25, 0.3) is 0 Å². The highest BCUT2D eigenvalue weighted by atomic mass is 16.4. The van der Waals surface area contributed by atoms with Crippen LogP contribution in [-0.2, 0) is 4.79 Å². The van der Waals surface area contributed by atoms with E-state index in [2.05, 4.69) is 16.7 Å². The zero-order chi connectivity index (χ0) is 11.0. The van der Waals surface area contributed by atoms with Crippen molar-refractivity contribution in [1.82, 2.24) is 9.80 Å². The third kappa shape index (κ3) is 2.49. The number of carboxylic acids is 1. The number of rotatable bonds is 3. The second-order valence-electron chi connectivity index (χ2n) is 4.97. The van der Waals surface area contributed by atoms with Gasteiger partial charge in [0.1, 0.15) is 0 Å². The second kappa shape index (κ2) is 4.10. The third-order valence-electron chi connectivity index (χ3n) is 3.59. The fourth-order valence-electron chi connectivity index (χ4n) is 2.57. The average Bonchev–Trinajstić information content (AvgIpc) is 2.92. The molecule has 1 saturated heterocycles. The zero-order valence-corrected chi connectivity index (χ0v) is 9.52. The number of aliphatic carboxylic acids is 1. The number of hydrogen-bond acceptors (Lipinski definition) is 3. The molecule has 0 amide bonds. The topological polar surface area (TPSA) is 43.8 Å². The van der Waals surface area contributed by atoms with Gasteiger partial charge in [-0.2, -0.15) is 0 Å². The molecular weight excluding hydrogens is 192 g/mol. The lowest BCUT2D eigenvalue weighted by atomic mass is 10.1. The Balaban J connectivity index is 1.96. The quantitative estimate of drug-likeness (QED) is 0.745. The molecule has 1 N–H and O–H groups in total. The second-order valence-corrected chi connectivity index (χ2v) is 4.97. The van der Waals surface area contributed by atoms with Crippen molar-refractivity contribution in [3.05, 3.63) is 0 Å². The van der Waals surface area contributed by atoms with Gasteiger partial charge in [0.05, 0.1) is 6.42 Å². The lowest BCUT2D eigenvalue weighted by Gasteiger charge is -2.43. The van der Waals surface area contributed by atoms with Crippen molar-refractivity contribution in [3.63, 3.8) is 0 Å². The van der Waals surface area contributed by atoms with Crippen LogP contribution < -0.4 is 0 Å². The fraction of sp³-hybridized carbons (Fsp3) is 0.909. The molecule has 1 aliphatic carbocycles. The summed E-state index contributed by atoms with van der Waals surface area (Å²) in [5, 5.41) is 8.84. The van der Waals surface area contributed by atoms with Crippen molar-refractivity contribution in [3.8, 4) is 0 Å². The Morgan fingerprint density at radius 3 is 2.60 bits per heavy atom. The number of carbonyl (C=O) groups is 1. The number of likely N-dealkylation sites (N-methyl/N-ethyl adjacent to an activating group) is 1. The molecule has 0 spiro atoms. The molecule has 15 heavy (non-hydrogen) atoms. The van der Waals surface area contributed by atoms with Crippen LogP contribution in [0.25, 0.3) is 0 Å². The third-order valence-corrected chi connectivity index (χ3v) is 3.59. The van der Waals surface area contributed by atoms with Crippen LogP contribution in [0.3, 0.4) is 0 Å². The molecule has 0 aromatic rings. The maximum absolute atomic E-state index is 10.7. The minimum absolute atomic E-state index is 0.194. The van der Waals surface area contributed by atoms with E-state index in [9.17, 15) is 4.79 Å². The molecule has 1 aliphatic heterocycles. The summed E-state index contributed by atoms with van der Waals surface area (Å²) in [6, 6.07) is 1.51. The highest BCUT2D eigenvalue weighted by Gasteiger charge is 2.38. The van der Waals surface area contributed by atoms with E-state index in [1.54, 1.807) is 0 Å². The highest BCUT2D eigenvalue weighted by Crippen LogP contribution is 2.31. The van der Waals surface area contributed by atoms with E-state index in [0.717, 1.165) is 19.1 Å². The van der Waals surface area contributed by atoms with Gasteiger partial charge in [0.2, 0.25) is 0 Å². The fourth-order valence-corrected chi connectivity index (χ4v) is 2.57. The minimum atomic E-state index is -0.683. The maximum Gasteiger partial charge on any atom is 0.304 e. The summed E-state index contributed by atoms with van der Waals surface area (Å²) in [4.78, 5) is 15.4. The Hall–Kier alpha value is -0.610. The molecule has 0 aromatic heterocycles. The standard InChI is InChI=1S/C11H20N2O2/c1-8-6-12(2)10(5-11(14)15)7-13(8)9-3-4-9/h8-10H,3-7H2,1-2H3,(H,14,15). The minimum Gasteiger partial charge on any atom is -0.481 e. The molecular formula is C11H20N2O2. The van der Waals surface area contributed by atoms with E-state index < -0.39 is 5.97 Å². The van der Waals surface area contributed by atoms with Gasteiger partial charge in [0, 0.05) is 31.2 Å². The Morgan fingerprint density at radius 1 is 1.40 bits per heavy atom. The number of hydrogen-bond donors (Lipinski definition) is 1. The van der Waals surface area contributed by atoms with Gasteiger partial charge in [-0.25, -0.2) is 0 Å². The molecule has 2 unspecified atom stereocenters. The van der Waals surface area contributed by atoms with E-state index in [-0.39, 0.29) is 12.5 Å². The first kappa shape index (κ1) is 10.9. The predicted molar refractivity (Wildman–Crippen MR) is 57.9 cm³/mol. The van der Waals surface area contributed by atoms with Crippen molar-refractivity contribution in [2.75, 3.05) is 20.1 Å². The predicted octanol–water partition coefficient (Wildman–Crippen LogP) is 0.628. The van der Waals surface area contributed by atoms with Gasteiger partial charge in [-0.05, 0) is 26.8 Å². The van der Waals surface area contributed by atoms with Crippen LogP contribution >= 0.6 is 0 Å². The van der Waals surface area contributed by atoms with Crippen molar-refractivity contribution in [1.29, 1.82) is 0 Å². The van der Waals surface area contributed by atoms with Crippen LogP contribution in [0.5, 0.6) is 0 Å². The molecule has 0 aromatic carbocycles. The maximum atomic E-state index is 10.7. The summed E-state index contributed by atoms with van der Waals surface area (Å²) in [6.07, 6.45) is 2.87. The highest BCUT2D eigenvalue weighted by molar-refractivity contribution is 5.67. The average molecular weight is 212 g/mol.